The third kappa shape index (κ3) is 9.13. The Morgan fingerprint density at radius 3 is 2.20 bits per heavy atom. The molecule has 0 saturated carbocycles. The smallest absolute Gasteiger partial charge is 0.490 e. The second-order valence-electron chi connectivity index (χ2n) is 13.0. The Morgan fingerprint density at radius 2 is 1.55 bits per heavy atom. The quantitative estimate of drug-likeness (QED) is 0.186. The van der Waals surface area contributed by atoms with Crippen molar-refractivity contribution in [3.05, 3.63) is 129 Å². The highest BCUT2D eigenvalue weighted by Gasteiger charge is 2.38. The summed E-state index contributed by atoms with van der Waals surface area (Å²) in [6.45, 7) is 7.00. The zero-order chi connectivity index (χ0) is 36.9. The number of alkyl halides is 3. The lowest BCUT2D eigenvalue weighted by Gasteiger charge is -2.36. The van der Waals surface area contributed by atoms with E-state index in [1.54, 1.807) is 12.1 Å². The molecule has 12 heteroatoms. The standard InChI is InChI=1S/C37H40N4O3.C2HF3O2/c1-24-18-30(42)19-25(2)31(24)21-33(38)36(43)39-34-15-17-41(37(44)28-9-4-3-5-10-28)35-13-12-26(20-32(34)35)22-40-16-14-27-8-6-7-11-29(27)23-40;3-2(4,5)1(6)7/h3-13,18-20,33-34,42H,14-17,21-23,38H2,1-2H3,(H,39,43);(H,6,7)/t33-,34+;/m0./s1. The largest absolute Gasteiger partial charge is 0.508 e. The molecule has 0 fully saturated rings. The van der Waals surface area contributed by atoms with E-state index in [2.05, 4.69) is 46.6 Å². The second-order valence-corrected chi connectivity index (χ2v) is 13.0. The maximum atomic E-state index is 13.6. The number of fused-ring (bicyclic) bond motifs is 2. The SMILES string of the molecule is Cc1cc(O)cc(C)c1C[C@H](N)C(=O)N[C@@H]1CCN(C(=O)c2ccccc2)c2ccc(CN3CCc4ccccc4C3)cc21.O=C(O)C(F)(F)F. The lowest BCUT2D eigenvalue weighted by atomic mass is 9.92. The van der Waals surface area contributed by atoms with E-state index in [1.807, 2.05) is 55.1 Å². The molecular formula is C39H41F3N4O5. The Bertz CT molecular complexity index is 1880. The van der Waals surface area contributed by atoms with Gasteiger partial charge < -0.3 is 26.2 Å². The molecule has 0 radical (unpaired) electrons. The molecule has 0 bridgehead atoms. The molecule has 0 aromatic heterocycles. The predicted molar refractivity (Wildman–Crippen MR) is 187 cm³/mol. The van der Waals surface area contributed by atoms with Crippen LogP contribution in [-0.2, 0) is 35.5 Å². The third-order valence-electron chi connectivity index (χ3n) is 9.28. The minimum absolute atomic E-state index is 0.0491. The predicted octanol–water partition coefficient (Wildman–Crippen LogP) is 5.98. The number of carboxylic acids is 1. The highest BCUT2D eigenvalue weighted by molar-refractivity contribution is 6.07. The summed E-state index contributed by atoms with van der Waals surface area (Å²) >= 11 is 0. The van der Waals surface area contributed by atoms with Gasteiger partial charge in [0.15, 0.2) is 0 Å². The lowest BCUT2D eigenvalue weighted by molar-refractivity contribution is -0.192. The summed E-state index contributed by atoms with van der Waals surface area (Å²) in [6, 6.07) is 26.6. The number of halogens is 3. The van der Waals surface area contributed by atoms with Crippen molar-refractivity contribution >= 4 is 23.5 Å². The molecule has 0 saturated heterocycles. The van der Waals surface area contributed by atoms with Crippen molar-refractivity contribution in [3.63, 3.8) is 0 Å². The fourth-order valence-electron chi connectivity index (χ4n) is 6.69. The van der Waals surface area contributed by atoms with E-state index in [1.165, 1.54) is 11.1 Å². The number of nitrogens with zero attached hydrogens (tertiary/aromatic N) is 2. The molecule has 4 aromatic rings. The number of aliphatic carboxylic acids is 1. The van der Waals surface area contributed by atoms with Crippen molar-refractivity contribution < 1.29 is 37.8 Å². The molecule has 6 rings (SSSR count). The Balaban J connectivity index is 0.000000654. The molecule has 5 N–H and O–H groups in total. The van der Waals surface area contributed by atoms with E-state index in [0.717, 1.165) is 59.6 Å². The number of carbonyl (C=O) groups excluding carboxylic acids is 2. The highest BCUT2D eigenvalue weighted by atomic mass is 19.4. The number of hydrogen-bond acceptors (Lipinski definition) is 6. The van der Waals surface area contributed by atoms with Crippen molar-refractivity contribution in [2.75, 3.05) is 18.0 Å². The third-order valence-corrected chi connectivity index (χ3v) is 9.28. The van der Waals surface area contributed by atoms with Crippen molar-refractivity contribution in [2.45, 2.75) is 64.5 Å². The highest BCUT2D eigenvalue weighted by Crippen LogP contribution is 2.36. The first-order valence-electron chi connectivity index (χ1n) is 16.6. The van der Waals surface area contributed by atoms with Crippen LogP contribution in [-0.4, -0.2) is 58.2 Å². The minimum atomic E-state index is -5.08. The van der Waals surface area contributed by atoms with Gasteiger partial charge in [0.25, 0.3) is 5.91 Å². The molecule has 2 atom stereocenters. The van der Waals surface area contributed by atoms with E-state index in [9.17, 15) is 27.9 Å². The number of aryl methyl sites for hydroxylation is 2. The van der Waals surface area contributed by atoms with Gasteiger partial charge in [0, 0.05) is 37.4 Å². The number of nitrogens with one attached hydrogen (secondary N) is 1. The van der Waals surface area contributed by atoms with Crippen molar-refractivity contribution in [1.82, 2.24) is 10.2 Å². The van der Waals surface area contributed by atoms with Crippen LogP contribution < -0.4 is 16.0 Å². The zero-order valence-corrected chi connectivity index (χ0v) is 28.4. The van der Waals surface area contributed by atoms with Crippen molar-refractivity contribution in [1.29, 1.82) is 0 Å². The van der Waals surface area contributed by atoms with Crippen molar-refractivity contribution in [2.24, 2.45) is 5.73 Å². The number of benzene rings is 4. The summed E-state index contributed by atoms with van der Waals surface area (Å²) in [7, 11) is 0. The summed E-state index contributed by atoms with van der Waals surface area (Å²) in [5.41, 5.74) is 15.6. The van der Waals surface area contributed by atoms with Gasteiger partial charge in [0.05, 0.1) is 12.1 Å². The number of nitrogens with two attached hydrogens (primary N) is 1. The number of hydrogen-bond donors (Lipinski definition) is 4. The van der Waals surface area contributed by atoms with E-state index in [-0.39, 0.29) is 23.6 Å². The maximum Gasteiger partial charge on any atom is 0.490 e. The molecule has 2 heterocycles. The molecule has 2 aliphatic heterocycles. The zero-order valence-electron chi connectivity index (χ0n) is 28.4. The Kier molecular flexibility index (Phi) is 11.5. The molecule has 0 spiro atoms. The minimum Gasteiger partial charge on any atom is -0.508 e. The number of phenols is 1. The van der Waals surface area contributed by atoms with Crippen LogP contribution in [0.15, 0.2) is 84.9 Å². The number of aromatic hydroxyl groups is 1. The van der Waals surface area contributed by atoms with Crippen LogP contribution in [0, 0.1) is 13.8 Å². The maximum absolute atomic E-state index is 13.6. The van der Waals surface area contributed by atoms with Gasteiger partial charge in [-0.25, -0.2) is 4.79 Å². The molecular weight excluding hydrogens is 661 g/mol. The molecule has 0 unspecified atom stereocenters. The van der Waals surface area contributed by atoms with E-state index >= 15 is 0 Å². The Morgan fingerprint density at radius 1 is 0.922 bits per heavy atom. The fraction of sp³-hybridized carbons (Fsp3) is 0.308. The van der Waals surface area contributed by atoms with Gasteiger partial charge in [0.2, 0.25) is 5.91 Å². The first kappa shape index (κ1) is 37.1. The molecule has 0 aliphatic carbocycles. The first-order valence-corrected chi connectivity index (χ1v) is 16.6. The number of carboxylic acid groups (broad SMARTS) is 1. The summed E-state index contributed by atoms with van der Waals surface area (Å²) in [5, 5.41) is 20.3. The van der Waals surface area contributed by atoms with Gasteiger partial charge in [-0.3, -0.25) is 14.5 Å². The number of anilines is 1. The molecule has 4 aromatic carbocycles. The molecule has 2 aliphatic rings. The van der Waals surface area contributed by atoms with Crippen LogP contribution in [0.5, 0.6) is 5.75 Å². The molecule has 51 heavy (non-hydrogen) atoms. The van der Waals surface area contributed by atoms with E-state index < -0.39 is 18.2 Å². The van der Waals surface area contributed by atoms with Gasteiger partial charge in [-0.15, -0.1) is 0 Å². The van der Waals surface area contributed by atoms with Crippen LogP contribution in [0.1, 0.15) is 61.8 Å². The average molecular weight is 703 g/mol. The number of phenolic OH excluding ortho intramolecular Hbond substituents is 1. The van der Waals surface area contributed by atoms with Crippen LogP contribution in [0.4, 0.5) is 18.9 Å². The van der Waals surface area contributed by atoms with Crippen LogP contribution in [0.2, 0.25) is 0 Å². The summed E-state index contributed by atoms with van der Waals surface area (Å²) in [5.74, 6) is -2.83. The monoisotopic (exact) mass is 702 g/mol. The van der Waals surface area contributed by atoms with Gasteiger partial charge in [0.1, 0.15) is 5.75 Å². The normalized spacial score (nSPS) is 16.2. The number of carbonyl (C=O) groups is 3. The number of rotatable bonds is 7. The van der Waals surface area contributed by atoms with Gasteiger partial charge >= 0.3 is 12.1 Å². The first-order chi connectivity index (χ1) is 24.2. The summed E-state index contributed by atoms with van der Waals surface area (Å²) in [6.07, 6.45) is -3.10. The van der Waals surface area contributed by atoms with Crippen LogP contribution in [0.3, 0.4) is 0 Å². The lowest BCUT2D eigenvalue weighted by Crippen LogP contribution is -2.46. The molecule has 9 nitrogen and oxygen atoms in total. The van der Waals surface area contributed by atoms with E-state index in [4.69, 9.17) is 15.6 Å². The van der Waals surface area contributed by atoms with Crippen LogP contribution >= 0.6 is 0 Å². The summed E-state index contributed by atoms with van der Waals surface area (Å²) < 4.78 is 31.7. The fourth-order valence-corrected chi connectivity index (χ4v) is 6.69. The van der Waals surface area contributed by atoms with Crippen molar-refractivity contribution in [3.8, 4) is 5.75 Å². The van der Waals surface area contributed by atoms with Gasteiger partial charge in [-0.1, -0.05) is 54.6 Å². The van der Waals surface area contributed by atoms with E-state index in [0.29, 0.717) is 24.9 Å². The Labute approximate surface area is 294 Å². The topological polar surface area (TPSA) is 136 Å². The van der Waals surface area contributed by atoms with Crippen LogP contribution in [0.25, 0.3) is 0 Å². The molecule has 2 amide bonds. The average Bonchev–Trinajstić information content (AvgIpc) is 3.09. The number of amides is 2. The Hall–Kier alpha value is -5.20. The van der Waals surface area contributed by atoms with Gasteiger partial charge in [-0.05, 0) is 102 Å². The summed E-state index contributed by atoms with van der Waals surface area (Å²) in [4.78, 5) is 40.3. The second kappa shape index (κ2) is 15.8. The molecule has 268 valence electrons. The van der Waals surface area contributed by atoms with Gasteiger partial charge in [-0.2, -0.15) is 13.2 Å².